The molecule has 0 aliphatic rings. The van der Waals surface area contributed by atoms with Crippen molar-refractivity contribution >= 4 is 20.7 Å². The molecule has 0 radical (unpaired) electrons. The number of hydrogen-bond donors (Lipinski definition) is 0. The average molecular weight is 600 g/mol. The van der Waals surface area contributed by atoms with E-state index < -0.39 is 8.80 Å². The van der Waals surface area contributed by atoms with Crippen molar-refractivity contribution in [3.63, 3.8) is 0 Å². The Balaban J connectivity index is 1.64. The molecule has 0 unspecified atom stereocenters. The molecule has 0 saturated heterocycles. The molecule has 0 saturated carbocycles. The van der Waals surface area contributed by atoms with Gasteiger partial charge in [-0.1, -0.05) is 17.3 Å². The highest BCUT2D eigenvalue weighted by Gasteiger charge is 2.39. The van der Waals surface area contributed by atoms with E-state index in [1.165, 1.54) is 20.3 Å². The summed E-state index contributed by atoms with van der Waals surface area (Å²) in [6, 6.07) is 11.3. The molecule has 0 aliphatic heterocycles. The first-order valence-corrected chi connectivity index (χ1v) is 15.9. The van der Waals surface area contributed by atoms with Gasteiger partial charge >= 0.3 is 8.80 Å². The number of ketones is 1. The molecule has 0 bridgehead atoms. The van der Waals surface area contributed by atoms with E-state index in [2.05, 4.69) is 10.3 Å². The molecule has 0 spiro atoms. The number of nitrogens with zero attached hydrogens (tertiary/aromatic N) is 3. The number of para-hydroxylation sites is 1. The minimum absolute atomic E-state index is 0.160. The van der Waals surface area contributed by atoms with Crippen LogP contribution in [0.3, 0.4) is 0 Å². The van der Waals surface area contributed by atoms with E-state index in [0.29, 0.717) is 72.2 Å². The standard InChI is InChI=1S/C30H41N3O8Si/c1-7-39-42(40-8-2,41-9-3)20-12-19-33-21-24(31-32-33)22-38-27-14-11-10-13-25(27)26(34)17-15-23-16-18-28(35-4)30(37-6)29(23)36-5/h10-11,13-18,21H,7-9,12,19-20,22H2,1-6H3/b17-15+. The smallest absolute Gasteiger partial charge is 0.493 e. The van der Waals surface area contributed by atoms with E-state index in [0.717, 1.165) is 6.42 Å². The molecule has 12 heteroatoms. The predicted molar refractivity (Wildman–Crippen MR) is 160 cm³/mol. The van der Waals surface area contributed by atoms with Crippen molar-refractivity contribution < 1.29 is 37.0 Å². The molecule has 1 aromatic heterocycles. The first kappa shape index (κ1) is 32.8. The summed E-state index contributed by atoms with van der Waals surface area (Å²) in [6.07, 6.45) is 5.74. The summed E-state index contributed by atoms with van der Waals surface area (Å²) in [5.41, 5.74) is 1.73. The Morgan fingerprint density at radius 1 is 0.881 bits per heavy atom. The number of ether oxygens (including phenoxy) is 4. The first-order valence-electron chi connectivity index (χ1n) is 14.0. The van der Waals surface area contributed by atoms with Crippen LogP contribution in [0.1, 0.15) is 48.8 Å². The third-order valence-corrected chi connectivity index (χ3v) is 9.38. The topological polar surface area (TPSA) is 112 Å². The molecule has 0 aliphatic carbocycles. The number of aromatic nitrogens is 3. The lowest BCUT2D eigenvalue weighted by Gasteiger charge is -2.28. The number of carbonyl (C=O) groups is 1. The van der Waals surface area contributed by atoms with Gasteiger partial charge in [0.05, 0.1) is 33.1 Å². The number of benzene rings is 2. The zero-order chi connectivity index (χ0) is 30.4. The van der Waals surface area contributed by atoms with Crippen LogP contribution in [0.2, 0.25) is 6.04 Å². The van der Waals surface area contributed by atoms with Crippen molar-refractivity contribution in [3.05, 3.63) is 65.5 Å². The lowest BCUT2D eigenvalue weighted by Crippen LogP contribution is -2.46. The van der Waals surface area contributed by atoms with Gasteiger partial charge in [0.1, 0.15) is 18.1 Å². The van der Waals surface area contributed by atoms with E-state index in [1.54, 1.807) is 48.2 Å². The predicted octanol–water partition coefficient (Wildman–Crippen LogP) is 5.22. The van der Waals surface area contributed by atoms with Crippen molar-refractivity contribution in [3.8, 4) is 23.0 Å². The third-order valence-electron chi connectivity index (χ3n) is 6.23. The second kappa shape index (κ2) is 16.7. The molecular weight excluding hydrogens is 558 g/mol. The summed E-state index contributed by atoms with van der Waals surface area (Å²) < 4.78 is 41.8. The minimum atomic E-state index is -2.70. The molecule has 228 valence electrons. The quantitative estimate of drug-likeness (QED) is 0.103. The molecule has 11 nitrogen and oxygen atoms in total. The Bertz CT molecular complexity index is 1300. The fraction of sp³-hybridized carbons (Fsp3) is 0.433. The summed E-state index contributed by atoms with van der Waals surface area (Å²) in [7, 11) is 1.91. The molecule has 1 heterocycles. The highest BCUT2D eigenvalue weighted by Crippen LogP contribution is 2.40. The van der Waals surface area contributed by atoms with Gasteiger partial charge in [-0.05, 0) is 63.6 Å². The number of hydrogen-bond acceptors (Lipinski definition) is 10. The summed E-state index contributed by atoms with van der Waals surface area (Å²) in [5.74, 6) is 1.67. The van der Waals surface area contributed by atoms with Crippen LogP contribution in [-0.2, 0) is 26.4 Å². The number of methoxy groups -OCH3 is 3. The van der Waals surface area contributed by atoms with Crippen LogP contribution in [-0.4, -0.2) is 70.7 Å². The summed E-state index contributed by atoms with van der Waals surface area (Å²) >= 11 is 0. The summed E-state index contributed by atoms with van der Waals surface area (Å²) in [6.45, 7) is 8.26. The molecule has 0 N–H and O–H groups in total. The van der Waals surface area contributed by atoms with Crippen LogP contribution in [0.4, 0.5) is 0 Å². The normalized spacial score (nSPS) is 11.6. The fourth-order valence-electron chi connectivity index (χ4n) is 4.43. The number of allylic oxidation sites excluding steroid dienone is 1. The molecule has 3 aromatic rings. The van der Waals surface area contributed by atoms with E-state index in [4.69, 9.17) is 32.2 Å². The molecule has 0 amide bonds. The molecular formula is C30H41N3O8Si. The van der Waals surface area contributed by atoms with Crippen LogP contribution in [0.5, 0.6) is 23.0 Å². The van der Waals surface area contributed by atoms with Crippen molar-refractivity contribution in [2.75, 3.05) is 41.2 Å². The largest absolute Gasteiger partial charge is 0.500 e. The lowest BCUT2D eigenvalue weighted by atomic mass is 10.1. The second-order valence-corrected chi connectivity index (χ2v) is 11.7. The summed E-state index contributed by atoms with van der Waals surface area (Å²) in [5, 5.41) is 8.45. The zero-order valence-corrected chi connectivity index (χ0v) is 26.3. The molecule has 42 heavy (non-hydrogen) atoms. The maximum absolute atomic E-state index is 13.1. The van der Waals surface area contributed by atoms with Crippen molar-refractivity contribution in [1.29, 1.82) is 0 Å². The van der Waals surface area contributed by atoms with Gasteiger partial charge in [0.15, 0.2) is 17.3 Å². The number of rotatable bonds is 19. The maximum Gasteiger partial charge on any atom is 0.500 e. The van der Waals surface area contributed by atoms with Crippen molar-refractivity contribution in [2.45, 2.75) is 46.4 Å². The highest BCUT2D eigenvalue weighted by atomic mass is 28.4. The summed E-state index contributed by atoms with van der Waals surface area (Å²) in [4.78, 5) is 13.1. The zero-order valence-electron chi connectivity index (χ0n) is 25.3. The van der Waals surface area contributed by atoms with Gasteiger partial charge in [0, 0.05) is 38.0 Å². The van der Waals surface area contributed by atoms with Gasteiger partial charge in [-0.15, -0.1) is 5.10 Å². The first-order chi connectivity index (χ1) is 20.4. The maximum atomic E-state index is 13.1. The second-order valence-electron chi connectivity index (χ2n) is 8.96. The van der Waals surface area contributed by atoms with Crippen molar-refractivity contribution in [2.24, 2.45) is 0 Å². The monoisotopic (exact) mass is 599 g/mol. The fourth-order valence-corrected chi connectivity index (χ4v) is 7.03. The van der Waals surface area contributed by atoms with Crippen LogP contribution >= 0.6 is 0 Å². The number of aryl methyl sites for hydroxylation is 1. The van der Waals surface area contributed by atoms with Gasteiger partial charge in [-0.3, -0.25) is 9.48 Å². The average Bonchev–Trinajstić information content (AvgIpc) is 3.46. The van der Waals surface area contributed by atoms with E-state index in [9.17, 15) is 4.79 Å². The van der Waals surface area contributed by atoms with Crippen LogP contribution < -0.4 is 18.9 Å². The Hall–Kier alpha value is -3.71. The van der Waals surface area contributed by atoms with Crippen LogP contribution in [0.15, 0.2) is 48.7 Å². The Morgan fingerprint density at radius 3 is 2.21 bits per heavy atom. The van der Waals surface area contributed by atoms with Gasteiger partial charge in [0.2, 0.25) is 5.75 Å². The van der Waals surface area contributed by atoms with E-state index >= 15 is 0 Å². The lowest BCUT2D eigenvalue weighted by molar-refractivity contribution is 0.0704. The van der Waals surface area contributed by atoms with Gasteiger partial charge in [0.25, 0.3) is 0 Å². The minimum Gasteiger partial charge on any atom is -0.493 e. The Kier molecular flexibility index (Phi) is 13.0. The molecule has 0 atom stereocenters. The Labute approximate surface area is 248 Å². The van der Waals surface area contributed by atoms with Gasteiger partial charge in [-0.25, -0.2) is 0 Å². The molecule has 0 fully saturated rings. The van der Waals surface area contributed by atoms with E-state index in [-0.39, 0.29) is 12.4 Å². The molecule has 2 aromatic carbocycles. The highest BCUT2D eigenvalue weighted by molar-refractivity contribution is 6.60. The van der Waals surface area contributed by atoms with E-state index in [1.807, 2.05) is 33.0 Å². The Morgan fingerprint density at radius 2 is 1.57 bits per heavy atom. The van der Waals surface area contributed by atoms with Crippen LogP contribution in [0.25, 0.3) is 6.08 Å². The van der Waals surface area contributed by atoms with Gasteiger partial charge in [-0.2, -0.15) is 0 Å². The van der Waals surface area contributed by atoms with Gasteiger partial charge < -0.3 is 32.2 Å². The third kappa shape index (κ3) is 8.65. The molecule has 3 rings (SSSR count). The SMILES string of the molecule is CCO[Si](CCCn1cc(COc2ccccc2C(=O)/C=C/c2ccc(OC)c(OC)c2OC)nn1)(OCC)OCC. The van der Waals surface area contributed by atoms with Crippen LogP contribution in [0, 0.1) is 0 Å². The van der Waals surface area contributed by atoms with Crippen molar-refractivity contribution in [1.82, 2.24) is 15.0 Å². The number of carbonyl (C=O) groups excluding carboxylic acids is 1.